The lowest BCUT2D eigenvalue weighted by molar-refractivity contribution is 0.626. The molecule has 1 aromatic carbocycles. The molecular weight excluding hydrogens is 241 g/mol. The number of benzene rings is 1. The molecule has 3 rings (SSSR count). The van der Waals surface area contributed by atoms with Crippen molar-refractivity contribution in [2.45, 2.75) is 38.8 Å². The molecule has 1 atom stereocenters. The lowest BCUT2D eigenvalue weighted by Crippen LogP contribution is -2.11. The Bertz CT molecular complexity index is 570. The minimum atomic E-state index is -0.203. The highest BCUT2D eigenvalue weighted by Gasteiger charge is 2.26. The quantitative estimate of drug-likeness (QED) is 0.904. The maximum atomic E-state index is 12.9. The summed E-state index contributed by atoms with van der Waals surface area (Å²) in [5.74, 6) is 0.711. The van der Waals surface area contributed by atoms with Gasteiger partial charge in [0.25, 0.3) is 0 Å². The Morgan fingerprint density at radius 1 is 1.32 bits per heavy atom. The van der Waals surface area contributed by atoms with E-state index >= 15 is 0 Å². The number of anilines is 1. The molecule has 2 aromatic rings. The number of aryl methyl sites for hydroxylation is 1. The first-order valence-electron chi connectivity index (χ1n) is 6.71. The Morgan fingerprint density at radius 3 is 2.63 bits per heavy atom. The zero-order valence-corrected chi connectivity index (χ0v) is 11.2. The van der Waals surface area contributed by atoms with Gasteiger partial charge in [-0.2, -0.15) is 0 Å². The van der Waals surface area contributed by atoms with Crippen LogP contribution in [0.4, 0.5) is 10.3 Å². The summed E-state index contributed by atoms with van der Waals surface area (Å²) in [5.41, 5.74) is 2.09. The minimum absolute atomic E-state index is 0.111. The summed E-state index contributed by atoms with van der Waals surface area (Å²) in [5, 5.41) is 3.42. The zero-order valence-electron chi connectivity index (χ0n) is 11.2. The molecule has 0 spiro atoms. The molecule has 0 aliphatic heterocycles. The fraction of sp³-hybridized carbons (Fsp3) is 0.400. The third kappa shape index (κ3) is 2.62. The molecule has 1 aromatic heterocycles. The van der Waals surface area contributed by atoms with E-state index in [0.29, 0.717) is 6.04 Å². The van der Waals surface area contributed by atoms with E-state index in [1.54, 1.807) is 0 Å². The molecule has 1 fully saturated rings. The molecule has 1 aliphatic rings. The van der Waals surface area contributed by atoms with Crippen molar-refractivity contribution in [1.29, 1.82) is 0 Å². The van der Waals surface area contributed by atoms with Crippen LogP contribution in [0.5, 0.6) is 0 Å². The third-order valence-corrected chi connectivity index (χ3v) is 3.51. The monoisotopic (exact) mass is 259 g/mol. The second kappa shape index (κ2) is 4.68. The highest BCUT2D eigenvalue weighted by Crippen LogP contribution is 2.37. The topological polar surface area (TPSA) is 29.9 Å². The van der Waals surface area contributed by atoms with E-state index in [-0.39, 0.29) is 11.9 Å². The van der Waals surface area contributed by atoms with Crippen LogP contribution in [0.25, 0.3) is 0 Å². The Morgan fingerprint density at radius 2 is 2.00 bits per heavy atom. The SMILES string of the molecule is Cc1cn(C2CC2)c(NC(C)c2ccc(F)cc2)n1. The largest absolute Gasteiger partial charge is 0.349 e. The van der Waals surface area contributed by atoms with Gasteiger partial charge in [0.2, 0.25) is 5.95 Å². The number of hydrogen-bond donors (Lipinski definition) is 1. The molecule has 1 heterocycles. The standard InChI is InChI=1S/C15H18FN3/c1-10-9-19(14-7-8-14)15(17-10)18-11(2)12-3-5-13(16)6-4-12/h3-6,9,11,14H,7-8H2,1-2H3,(H,17,18). The first-order valence-corrected chi connectivity index (χ1v) is 6.71. The number of rotatable bonds is 4. The first-order chi connectivity index (χ1) is 9.13. The van der Waals surface area contributed by atoms with Gasteiger partial charge in [-0.05, 0) is 44.4 Å². The summed E-state index contributed by atoms with van der Waals surface area (Å²) >= 11 is 0. The van der Waals surface area contributed by atoms with Crippen molar-refractivity contribution in [2.24, 2.45) is 0 Å². The lowest BCUT2D eigenvalue weighted by atomic mass is 10.1. The number of aromatic nitrogens is 2. The van der Waals surface area contributed by atoms with Crippen LogP contribution >= 0.6 is 0 Å². The zero-order chi connectivity index (χ0) is 13.4. The van der Waals surface area contributed by atoms with Crippen LogP contribution in [0.3, 0.4) is 0 Å². The van der Waals surface area contributed by atoms with Crippen LogP contribution in [0.1, 0.15) is 43.1 Å². The molecule has 1 aliphatic carbocycles. The average Bonchev–Trinajstić information content (AvgIpc) is 3.15. The van der Waals surface area contributed by atoms with E-state index in [2.05, 4.69) is 28.0 Å². The summed E-state index contributed by atoms with van der Waals surface area (Å²) in [6, 6.07) is 7.32. The van der Waals surface area contributed by atoms with Crippen molar-refractivity contribution in [3.63, 3.8) is 0 Å². The van der Waals surface area contributed by atoms with E-state index < -0.39 is 0 Å². The predicted molar refractivity (Wildman–Crippen MR) is 73.7 cm³/mol. The fourth-order valence-corrected chi connectivity index (χ4v) is 2.28. The van der Waals surface area contributed by atoms with Gasteiger partial charge >= 0.3 is 0 Å². The smallest absolute Gasteiger partial charge is 0.203 e. The van der Waals surface area contributed by atoms with Gasteiger partial charge in [0.15, 0.2) is 0 Å². The first kappa shape index (κ1) is 12.2. The number of nitrogens with zero attached hydrogens (tertiary/aromatic N) is 2. The third-order valence-electron chi connectivity index (χ3n) is 3.51. The van der Waals surface area contributed by atoms with Gasteiger partial charge in [-0.1, -0.05) is 12.1 Å². The summed E-state index contributed by atoms with van der Waals surface area (Å²) in [7, 11) is 0. The lowest BCUT2D eigenvalue weighted by Gasteiger charge is -2.16. The molecule has 0 radical (unpaired) electrons. The highest BCUT2D eigenvalue weighted by atomic mass is 19.1. The van der Waals surface area contributed by atoms with Crippen molar-refractivity contribution in [3.05, 3.63) is 47.5 Å². The van der Waals surface area contributed by atoms with Crippen LogP contribution in [-0.4, -0.2) is 9.55 Å². The summed E-state index contributed by atoms with van der Waals surface area (Å²) in [6.45, 7) is 4.07. The number of imidazole rings is 1. The molecule has 3 nitrogen and oxygen atoms in total. The van der Waals surface area contributed by atoms with E-state index in [9.17, 15) is 4.39 Å². The maximum Gasteiger partial charge on any atom is 0.203 e. The summed E-state index contributed by atoms with van der Waals surface area (Å²) in [4.78, 5) is 4.53. The van der Waals surface area contributed by atoms with Crippen molar-refractivity contribution in [1.82, 2.24) is 9.55 Å². The predicted octanol–water partition coefficient (Wildman–Crippen LogP) is 3.84. The van der Waals surface area contributed by atoms with Crippen molar-refractivity contribution in [2.75, 3.05) is 5.32 Å². The minimum Gasteiger partial charge on any atom is -0.349 e. The van der Waals surface area contributed by atoms with Gasteiger partial charge in [-0.15, -0.1) is 0 Å². The Hall–Kier alpha value is -1.84. The maximum absolute atomic E-state index is 12.9. The molecule has 100 valence electrons. The molecule has 0 bridgehead atoms. The summed E-state index contributed by atoms with van der Waals surface area (Å²) < 4.78 is 15.1. The normalized spacial score (nSPS) is 16.4. The highest BCUT2D eigenvalue weighted by molar-refractivity contribution is 5.35. The molecule has 1 N–H and O–H groups in total. The molecule has 0 amide bonds. The Balaban J connectivity index is 1.78. The van der Waals surface area contributed by atoms with E-state index in [0.717, 1.165) is 17.2 Å². The van der Waals surface area contributed by atoms with Crippen molar-refractivity contribution in [3.8, 4) is 0 Å². The van der Waals surface area contributed by atoms with Gasteiger partial charge in [-0.25, -0.2) is 9.37 Å². The molecule has 4 heteroatoms. The number of nitrogens with one attached hydrogen (secondary N) is 1. The molecule has 0 saturated heterocycles. The van der Waals surface area contributed by atoms with Crippen LogP contribution < -0.4 is 5.32 Å². The van der Waals surface area contributed by atoms with Crippen LogP contribution in [0.15, 0.2) is 30.5 Å². The Kier molecular flexibility index (Phi) is 3.01. The molecular formula is C15H18FN3. The van der Waals surface area contributed by atoms with Crippen LogP contribution in [0, 0.1) is 12.7 Å². The fourth-order valence-electron chi connectivity index (χ4n) is 2.28. The second-order valence-electron chi connectivity index (χ2n) is 5.26. The van der Waals surface area contributed by atoms with Crippen molar-refractivity contribution >= 4 is 5.95 Å². The van der Waals surface area contributed by atoms with E-state index in [1.807, 2.05) is 19.1 Å². The average molecular weight is 259 g/mol. The van der Waals surface area contributed by atoms with Crippen LogP contribution in [0.2, 0.25) is 0 Å². The van der Waals surface area contributed by atoms with Gasteiger partial charge in [0, 0.05) is 12.2 Å². The van der Waals surface area contributed by atoms with Gasteiger partial charge in [0.05, 0.1) is 11.7 Å². The van der Waals surface area contributed by atoms with E-state index in [1.165, 1.54) is 25.0 Å². The summed E-state index contributed by atoms with van der Waals surface area (Å²) in [6.07, 6.45) is 4.56. The molecule has 1 unspecified atom stereocenters. The Labute approximate surface area is 112 Å². The van der Waals surface area contributed by atoms with Gasteiger partial charge < -0.3 is 9.88 Å². The van der Waals surface area contributed by atoms with Gasteiger partial charge in [-0.3, -0.25) is 0 Å². The molecule has 19 heavy (non-hydrogen) atoms. The van der Waals surface area contributed by atoms with Crippen LogP contribution in [-0.2, 0) is 0 Å². The van der Waals surface area contributed by atoms with Gasteiger partial charge in [0.1, 0.15) is 5.82 Å². The number of hydrogen-bond acceptors (Lipinski definition) is 2. The molecule has 1 saturated carbocycles. The van der Waals surface area contributed by atoms with Crippen molar-refractivity contribution < 1.29 is 4.39 Å². The number of halogens is 1. The second-order valence-corrected chi connectivity index (χ2v) is 5.26. The van der Waals surface area contributed by atoms with E-state index in [4.69, 9.17) is 0 Å².